The SMILES string of the molecule is CC(=O)N1CCN(c2cc(SNC3(O)CC3)cn3c(-c4nnc(C(F)F)s4)ncc23)CC1. The summed E-state index contributed by atoms with van der Waals surface area (Å²) >= 11 is 2.13. The fourth-order valence-corrected chi connectivity index (χ4v) is 5.10. The molecule has 3 aromatic rings. The summed E-state index contributed by atoms with van der Waals surface area (Å²) in [5.74, 6) is 0.485. The van der Waals surface area contributed by atoms with Crippen LogP contribution in [0.5, 0.6) is 0 Å². The number of rotatable bonds is 6. The number of anilines is 1. The van der Waals surface area contributed by atoms with Crippen molar-refractivity contribution in [3.8, 4) is 10.8 Å². The summed E-state index contributed by atoms with van der Waals surface area (Å²) in [5, 5.41) is 17.6. The van der Waals surface area contributed by atoms with Crippen molar-refractivity contribution in [1.29, 1.82) is 0 Å². The van der Waals surface area contributed by atoms with E-state index in [1.54, 1.807) is 13.1 Å². The van der Waals surface area contributed by atoms with Crippen LogP contribution in [-0.2, 0) is 4.79 Å². The van der Waals surface area contributed by atoms with Crippen LogP contribution in [0, 0.1) is 0 Å². The maximum atomic E-state index is 13.0. The molecule has 2 aliphatic rings. The van der Waals surface area contributed by atoms with Crippen LogP contribution in [0.3, 0.4) is 0 Å². The molecule has 32 heavy (non-hydrogen) atoms. The van der Waals surface area contributed by atoms with Gasteiger partial charge in [0.15, 0.2) is 15.8 Å². The average molecular weight is 482 g/mol. The lowest BCUT2D eigenvalue weighted by Gasteiger charge is -2.36. The summed E-state index contributed by atoms with van der Waals surface area (Å²) in [5.41, 5.74) is 0.871. The van der Waals surface area contributed by atoms with E-state index in [9.17, 15) is 18.7 Å². The Balaban J connectivity index is 1.52. The Kier molecular flexibility index (Phi) is 5.51. The van der Waals surface area contributed by atoms with Gasteiger partial charge in [-0.15, -0.1) is 10.2 Å². The van der Waals surface area contributed by atoms with Crippen LogP contribution in [0.15, 0.2) is 23.4 Å². The van der Waals surface area contributed by atoms with E-state index < -0.39 is 12.2 Å². The number of aliphatic hydroxyl groups is 1. The van der Waals surface area contributed by atoms with Gasteiger partial charge in [0.05, 0.1) is 17.4 Å². The highest BCUT2D eigenvalue weighted by Crippen LogP contribution is 2.38. The number of carbonyl (C=O) groups is 1. The quantitative estimate of drug-likeness (QED) is 0.410. The molecule has 1 aliphatic carbocycles. The van der Waals surface area contributed by atoms with Crippen molar-refractivity contribution in [3.63, 3.8) is 0 Å². The van der Waals surface area contributed by atoms with Crippen molar-refractivity contribution in [3.05, 3.63) is 23.5 Å². The molecule has 170 valence electrons. The normalized spacial score (nSPS) is 18.0. The molecule has 0 bridgehead atoms. The number of carbonyl (C=O) groups excluding carboxylic acids is 1. The third-order valence-electron chi connectivity index (χ3n) is 5.56. The highest BCUT2D eigenvalue weighted by atomic mass is 32.2. The van der Waals surface area contributed by atoms with Crippen LogP contribution in [0.1, 0.15) is 31.2 Å². The molecule has 0 unspecified atom stereocenters. The van der Waals surface area contributed by atoms with E-state index in [2.05, 4.69) is 24.8 Å². The van der Waals surface area contributed by atoms with Crippen LogP contribution in [0.4, 0.5) is 14.5 Å². The molecule has 0 aromatic carbocycles. The Morgan fingerprint density at radius 2 is 2.03 bits per heavy atom. The van der Waals surface area contributed by atoms with E-state index in [-0.39, 0.29) is 10.9 Å². The van der Waals surface area contributed by atoms with E-state index in [4.69, 9.17) is 0 Å². The Morgan fingerprint density at radius 1 is 1.28 bits per heavy atom. The van der Waals surface area contributed by atoms with E-state index in [1.165, 1.54) is 11.9 Å². The molecule has 5 rings (SSSR count). The summed E-state index contributed by atoms with van der Waals surface area (Å²) in [6.07, 6.45) is 2.25. The fourth-order valence-electron chi connectivity index (χ4n) is 3.57. The standard InChI is InChI=1S/C19H21F2N7O2S2/c1-11(29)26-4-6-27(7-5-26)13-8-12(32-25-19(30)2-3-19)10-28-14(13)9-22-16(28)18-24-23-17(31-18)15(20)21/h8-10,15,25,30H,2-7H2,1H3. The van der Waals surface area contributed by atoms with Crippen molar-refractivity contribution in [2.75, 3.05) is 31.1 Å². The number of hydrogen-bond donors (Lipinski definition) is 2. The molecule has 3 aromatic heterocycles. The Morgan fingerprint density at radius 3 is 2.66 bits per heavy atom. The largest absolute Gasteiger partial charge is 0.375 e. The molecule has 9 nitrogen and oxygen atoms in total. The van der Waals surface area contributed by atoms with Gasteiger partial charge in [-0.25, -0.2) is 18.5 Å². The minimum absolute atomic E-state index is 0.0544. The zero-order valence-corrected chi connectivity index (χ0v) is 18.8. The second kappa shape index (κ2) is 8.21. The first-order valence-corrected chi connectivity index (χ1v) is 11.8. The number of nitrogens with one attached hydrogen (secondary N) is 1. The molecule has 1 saturated carbocycles. The highest BCUT2D eigenvalue weighted by molar-refractivity contribution is 7.97. The number of pyridine rings is 1. The highest BCUT2D eigenvalue weighted by Gasteiger charge is 2.40. The number of fused-ring (bicyclic) bond motifs is 1. The van der Waals surface area contributed by atoms with Gasteiger partial charge in [-0.1, -0.05) is 11.3 Å². The number of piperazine rings is 1. The third kappa shape index (κ3) is 4.17. The van der Waals surface area contributed by atoms with Crippen LogP contribution in [-0.4, -0.2) is 67.4 Å². The van der Waals surface area contributed by atoms with Crippen molar-refractivity contribution in [1.82, 2.24) is 29.2 Å². The van der Waals surface area contributed by atoms with E-state index in [1.807, 2.05) is 21.6 Å². The van der Waals surface area contributed by atoms with Crippen LogP contribution in [0.25, 0.3) is 16.3 Å². The molecule has 1 saturated heterocycles. The molecule has 1 aliphatic heterocycles. The van der Waals surface area contributed by atoms with Gasteiger partial charge in [0.25, 0.3) is 6.43 Å². The first kappa shape index (κ1) is 21.5. The van der Waals surface area contributed by atoms with Crippen LogP contribution >= 0.6 is 23.3 Å². The van der Waals surface area contributed by atoms with Crippen molar-refractivity contribution < 1.29 is 18.7 Å². The maximum absolute atomic E-state index is 13.0. The Labute approximate surface area is 190 Å². The predicted molar refractivity (Wildman–Crippen MR) is 117 cm³/mol. The fraction of sp³-hybridized carbons (Fsp3) is 0.474. The van der Waals surface area contributed by atoms with Gasteiger partial charge in [0, 0.05) is 44.2 Å². The monoisotopic (exact) mass is 481 g/mol. The topological polar surface area (TPSA) is 98.9 Å². The zero-order chi connectivity index (χ0) is 22.5. The number of amides is 1. The maximum Gasteiger partial charge on any atom is 0.291 e. The summed E-state index contributed by atoms with van der Waals surface area (Å²) in [6, 6.07) is 2.01. The average Bonchev–Trinajstić information content (AvgIpc) is 3.17. The van der Waals surface area contributed by atoms with Gasteiger partial charge in [0.1, 0.15) is 5.72 Å². The predicted octanol–water partition coefficient (Wildman–Crippen LogP) is 2.54. The Hall–Kier alpha value is -2.35. The summed E-state index contributed by atoms with van der Waals surface area (Å²) < 4.78 is 31.0. The van der Waals surface area contributed by atoms with Crippen molar-refractivity contribution in [2.24, 2.45) is 0 Å². The first-order chi connectivity index (χ1) is 15.3. The third-order valence-corrected chi connectivity index (χ3v) is 7.43. The number of nitrogens with zero attached hydrogens (tertiary/aromatic N) is 6. The summed E-state index contributed by atoms with van der Waals surface area (Å²) in [4.78, 5) is 21.0. The summed E-state index contributed by atoms with van der Waals surface area (Å²) in [7, 11) is 0. The number of alkyl halides is 2. The van der Waals surface area contributed by atoms with Crippen LogP contribution < -0.4 is 9.62 Å². The zero-order valence-electron chi connectivity index (χ0n) is 17.2. The van der Waals surface area contributed by atoms with Gasteiger partial charge in [-0.3, -0.25) is 9.20 Å². The minimum Gasteiger partial charge on any atom is -0.375 e. The Bertz CT molecular complexity index is 1160. The molecule has 13 heteroatoms. The van der Waals surface area contributed by atoms with Gasteiger partial charge in [-0.05, 0) is 30.9 Å². The second-order valence-corrected chi connectivity index (χ2v) is 9.76. The van der Waals surface area contributed by atoms with Crippen molar-refractivity contribution in [2.45, 2.75) is 36.8 Å². The van der Waals surface area contributed by atoms with Gasteiger partial charge in [-0.2, -0.15) is 0 Å². The lowest BCUT2D eigenvalue weighted by molar-refractivity contribution is -0.129. The van der Waals surface area contributed by atoms with Crippen LogP contribution in [0.2, 0.25) is 0 Å². The lowest BCUT2D eigenvalue weighted by atomic mass is 10.2. The molecule has 0 radical (unpaired) electrons. The molecular weight excluding hydrogens is 460 g/mol. The number of hydrogen-bond acceptors (Lipinski definition) is 9. The molecule has 2 fully saturated rings. The first-order valence-electron chi connectivity index (χ1n) is 10.1. The molecular formula is C19H21F2N7O2S2. The van der Waals surface area contributed by atoms with Gasteiger partial charge >= 0.3 is 0 Å². The number of halogens is 2. The van der Waals surface area contributed by atoms with Crippen molar-refractivity contribution >= 4 is 40.4 Å². The molecule has 4 heterocycles. The van der Waals surface area contributed by atoms with Gasteiger partial charge in [0.2, 0.25) is 5.91 Å². The van der Waals surface area contributed by atoms with E-state index >= 15 is 0 Å². The van der Waals surface area contributed by atoms with Gasteiger partial charge < -0.3 is 14.9 Å². The van der Waals surface area contributed by atoms with E-state index in [0.29, 0.717) is 49.9 Å². The minimum atomic E-state index is -2.68. The smallest absolute Gasteiger partial charge is 0.291 e. The number of aromatic nitrogens is 4. The molecule has 1 amide bonds. The lowest BCUT2D eigenvalue weighted by Crippen LogP contribution is -2.48. The number of imidazole rings is 1. The molecule has 2 N–H and O–H groups in total. The van der Waals surface area contributed by atoms with E-state index in [0.717, 1.165) is 27.4 Å². The summed E-state index contributed by atoms with van der Waals surface area (Å²) in [6.45, 7) is 4.13. The molecule has 0 spiro atoms. The second-order valence-electron chi connectivity index (χ2n) is 7.87. The molecule has 0 atom stereocenters.